The minimum Gasteiger partial charge on any atom is -0.493 e. The van der Waals surface area contributed by atoms with Gasteiger partial charge < -0.3 is 19.2 Å². The van der Waals surface area contributed by atoms with Gasteiger partial charge in [-0.3, -0.25) is 9.10 Å². The Morgan fingerprint density at radius 3 is 2.70 bits per heavy atom. The molecule has 1 aliphatic rings. The predicted octanol–water partition coefficient (Wildman–Crippen LogP) is 3.38. The molecule has 0 spiro atoms. The van der Waals surface area contributed by atoms with E-state index in [9.17, 15) is 13.2 Å². The van der Waals surface area contributed by atoms with Crippen LogP contribution in [-0.2, 0) is 27.8 Å². The molecule has 1 N–H and O–H groups in total. The summed E-state index contributed by atoms with van der Waals surface area (Å²) in [6.07, 6.45) is 5.01. The smallest absolute Gasteiger partial charge is 0.268 e. The molecule has 2 heterocycles. The molecule has 0 bridgehead atoms. The standard InChI is InChI=1S/C24H24N2O6S/c1-30-21-14-17(9-10-23(27)25-16-19-7-5-13-32-19)15-22(24(21)31-2)33(28,29)26-12-11-18-6-3-4-8-20(18)26/h3-10,13-15H,11-12,16H2,1-2H3,(H,25,27). The number of anilines is 1. The maximum atomic E-state index is 13.6. The van der Waals surface area contributed by atoms with Crippen molar-refractivity contribution in [3.8, 4) is 11.5 Å². The van der Waals surface area contributed by atoms with Crippen molar-refractivity contribution >= 4 is 27.7 Å². The third-order valence-electron chi connectivity index (χ3n) is 5.32. The van der Waals surface area contributed by atoms with Gasteiger partial charge in [-0.15, -0.1) is 0 Å². The summed E-state index contributed by atoms with van der Waals surface area (Å²) in [6.45, 7) is 0.582. The lowest BCUT2D eigenvalue weighted by atomic mass is 10.2. The van der Waals surface area contributed by atoms with E-state index in [-0.39, 0.29) is 28.8 Å². The lowest BCUT2D eigenvalue weighted by Crippen LogP contribution is -2.29. The predicted molar refractivity (Wildman–Crippen MR) is 124 cm³/mol. The van der Waals surface area contributed by atoms with Gasteiger partial charge in [0.1, 0.15) is 10.7 Å². The van der Waals surface area contributed by atoms with Crippen LogP contribution in [0.1, 0.15) is 16.9 Å². The minimum absolute atomic E-state index is 0.0308. The molecular weight excluding hydrogens is 444 g/mol. The highest BCUT2D eigenvalue weighted by molar-refractivity contribution is 7.93. The molecule has 172 valence electrons. The van der Waals surface area contributed by atoms with Crippen molar-refractivity contribution in [2.75, 3.05) is 25.1 Å². The lowest BCUT2D eigenvalue weighted by molar-refractivity contribution is -0.116. The monoisotopic (exact) mass is 468 g/mol. The number of benzene rings is 2. The van der Waals surface area contributed by atoms with Crippen LogP contribution in [0.25, 0.3) is 6.08 Å². The van der Waals surface area contributed by atoms with Crippen LogP contribution >= 0.6 is 0 Å². The van der Waals surface area contributed by atoms with E-state index in [1.807, 2.05) is 18.2 Å². The highest BCUT2D eigenvalue weighted by Crippen LogP contribution is 2.40. The summed E-state index contributed by atoms with van der Waals surface area (Å²) in [6, 6.07) is 14.0. The fourth-order valence-electron chi connectivity index (χ4n) is 3.73. The lowest BCUT2D eigenvalue weighted by Gasteiger charge is -2.22. The molecule has 9 heteroatoms. The molecule has 0 fully saturated rings. The van der Waals surface area contributed by atoms with Crippen LogP contribution in [-0.4, -0.2) is 35.1 Å². The number of fused-ring (bicyclic) bond motifs is 1. The topological polar surface area (TPSA) is 98.1 Å². The van der Waals surface area contributed by atoms with Gasteiger partial charge in [-0.1, -0.05) is 18.2 Å². The molecule has 0 saturated carbocycles. The van der Waals surface area contributed by atoms with Gasteiger partial charge in [-0.05, 0) is 54.0 Å². The number of nitrogens with one attached hydrogen (secondary N) is 1. The summed E-state index contributed by atoms with van der Waals surface area (Å²) in [5.41, 5.74) is 2.10. The van der Waals surface area contributed by atoms with E-state index in [1.165, 1.54) is 43.0 Å². The fourth-order valence-corrected chi connectivity index (χ4v) is 5.44. The minimum atomic E-state index is -3.95. The van der Waals surface area contributed by atoms with Crippen molar-refractivity contribution in [2.24, 2.45) is 0 Å². The molecule has 0 aliphatic carbocycles. The summed E-state index contributed by atoms with van der Waals surface area (Å²) in [4.78, 5) is 12.2. The first-order valence-electron chi connectivity index (χ1n) is 10.3. The Morgan fingerprint density at radius 2 is 1.97 bits per heavy atom. The fraction of sp³-hybridized carbons (Fsp3) is 0.208. The Hall–Kier alpha value is -3.72. The number of hydrogen-bond acceptors (Lipinski definition) is 6. The second kappa shape index (κ2) is 9.41. The molecule has 0 saturated heterocycles. The Bertz CT molecular complexity index is 1280. The highest BCUT2D eigenvalue weighted by atomic mass is 32.2. The largest absolute Gasteiger partial charge is 0.493 e. The zero-order valence-electron chi connectivity index (χ0n) is 18.3. The van der Waals surface area contributed by atoms with Crippen molar-refractivity contribution in [2.45, 2.75) is 17.9 Å². The SMILES string of the molecule is COc1cc(C=CC(=O)NCc2ccco2)cc(S(=O)(=O)N2CCc3ccccc32)c1OC. The number of amides is 1. The number of furan rings is 1. The molecule has 33 heavy (non-hydrogen) atoms. The Kier molecular flexibility index (Phi) is 6.41. The van der Waals surface area contributed by atoms with Crippen LogP contribution in [0.15, 0.2) is 70.2 Å². The first kappa shape index (κ1) is 22.5. The summed E-state index contributed by atoms with van der Waals surface area (Å²) < 4.78 is 44.7. The van der Waals surface area contributed by atoms with Crippen molar-refractivity contribution in [3.63, 3.8) is 0 Å². The second-order valence-electron chi connectivity index (χ2n) is 7.34. The molecule has 4 rings (SSSR count). The molecule has 3 aromatic rings. The quantitative estimate of drug-likeness (QED) is 0.509. The van der Waals surface area contributed by atoms with E-state index < -0.39 is 10.0 Å². The van der Waals surface area contributed by atoms with E-state index in [0.29, 0.717) is 30.0 Å². The Morgan fingerprint density at radius 1 is 1.15 bits per heavy atom. The Labute approximate surface area is 192 Å². The maximum absolute atomic E-state index is 13.6. The van der Waals surface area contributed by atoms with E-state index in [1.54, 1.807) is 24.3 Å². The zero-order valence-corrected chi connectivity index (χ0v) is 19.1. The Balaban J connectivity index is 1.65. The molecule has 1 aromatic heterocycles. The zero-order chi connectivity index (χ0) is 23.4. The number of rotatable bonds is 8. The van der Waals surface area contributed by atoms with E-state index in [4.69, 9.17) is 13.9 Å². The molecule has 0 radical (unpaired) electrons. The van der Waals surface area contributed by atoms with E-state index in [0.717, 1.165) is 5.56 Å². The number of para-hydroxylation sites is 1. The third-order valence-corrected chi connectivity index (χ3v) is 7.14. The number of hydrogen-bond donors (Lipinski definition) is 1. The molecular formula is C24H24N2O6S. The molecule has 2 aromatic carbocycles. The maximum Gasteiger partial charge on any atom is 0.268 e. The first-order chi connectivity index (χ1) is 15.9. The van der Waals surface area contributed by atoms with Crippen molar-refractivity contribution in [3.05, 3.63) is 77.8 Å². The van der Waals surface area contributed by atoms with Crippen LogP contribution in [0.4, 0.5) is 5.69 Å². The first-order valence-corrected chi connectivity index (χ1v) is 11.7. The number of methoxy groups -OCH3 is 2. The van der Waals surface area contributed by atoms with Gasteiger partial charge in [-0.25, -0.2) is 8.42 Å². The van der Waals surface area contributed by atoms with E-state index >= 15 is 0 Å². The number of sulfonamides is 1. The summed E-state index contributed by atoms with van der Waals surface area (Å²) in [5, 5.41) is 2.71. The number of ether oxygens (including phenoxy) is 2. The van der Waals surface area contributed by atoms with Gasteiger partial charge in [-0.2, -0.15) is 0 Å². The molecule has 8 nitrogen and oxygen atoms in total. The van der Waals surface area contributed by atoms with Crippen LogP contribution in [0.5, 0.6) is 11.5 Å². The van der Waals surface area contributed by atoms with Gasteiger partial charge in [0.2, 0.25) is 5.91 Å². The number of carbonyl (C=O) groups is 1. The van der Waals surface area contributed by atoms with Gasteiger partial charge in [0.05, 0.1) is 32.7 Å². The molecule has 0 atom stereocenters. The number of nitrogens with zero attached hydrogens (tertiary/aromatic N) is 1. The summed E-state index contributed by atoms with van der Waals surface area (Å²) >= 11 is 0. The highest BCUT2D eigenvalue weighted by Gasteiger charge is 2.34. The average molecular weight is 469 g/mol. The summed E-state index contributed by atoms with van der Waals surface area (Å²) in [5.74, 6) is 0.643. The van der Waals surface area contributed by atoms with Gasteiger partial charge in [0.15, 0.2) is 11.5 Å². The van der Waals surface area contributed by atoms with Gasteiger partial charge in [0.25, 0.3) is 10.0 Å². The van der Waals surface area contributed by atoms with Gasteiger partial charge in [0, 0.05) is 12.6 Å². The molecule has 1 aliphatic heterocycles. The summed E-state index contributed by atoms with van der Waals surface area (Å²) in [7, 11) is -1.12. The molecule has 1 amide bonds. The van der Waals surface area contributed by atoms with Crippen molar-refractivity contribution in [1.29, 1.82) is 0 Å². The van der Waals surface area contributed by atoms with Crippen molar-refractivity contribution in [1.82, 2.24) is 5.32 Å². The van der Waals surface area contributed by atoms with E-state index in [2.05, 4.69) is 5.32 Å². The normalized spacial score (nSPS) is 13.2. The molecule has 0 unspecified atom stereocenters. The van der Waals surface area contributed by atoms with Gasteiger partial charge >= 0.3 is 0 Å². The van der Waals surface area contributed by atoms with Crippen LogP contribution < -0.4 is 19.1 Å². The average Bonchev–Trinajstić information content (AvgIpc) is 3.50. The second-order valence-corrected chi connectivity index (χ2v) is 9.17. The van der Waals surface area contributed by atoms with Crippen molar-refractivity contribution < 1.29 is 27.1 Å². The van der Waals surface area contributed by atoms with Crippen LogP contribution in [0.3, 0.4) is 0 Å². The third kappa shape index (κ3) is 4.58. The number of carbonyl (C=O) groups excluding carboxylic acids is 1. The van der Waals surface area contributed by atoms with Crippen LogP contribution in [0.2, 0.25) is 0 Å². The van der Waals surface area contributed by atoms with Crippen LogP contribution in [0, 0.1) is 0 Å².